The third-order valence-corrected chi connectivity index (χ3v) is 5.10. The lowest BCUT2D eigenvalue weighted by Crippen LogP contribution is -1.91. The zero-order chi connectivity index (χ0) is 18.4. The van der Waals surface area contributed by atoms with Crippen LogP contribution in [0.4, 0.5) is 0 Å². The first-order chi connectivity index (χ1) is 13.3. The number of aromatic nitrogens is 1. The summed E-state index contributed by atoms with van der Waals surface area (Å²) >= 11 is 0. The number of fused-ring (bicyclic) bond motifs is 5. The van der Waals surface area contributed by atoms with E-state index in [2.05, 4.69) is 71.7 Å². The molecule has 2 heteroatoms. The van der Waals surface area contributed by atoms with E-state index in [1.165, 1.54) is 21.8 Å². The third kappa shape index (κ3) is 2.20. The lowest BCUT2D eigenvalue weighted by atomic mass is 10.0. The molecule has 0 aliphatic heterocycles. The SMILES string of the molecule is C=Cc1oc2ccccc2n2c3ccccc3c3cccc(c1/C=C\C)c32. The molecule has 0 fully saturated rings. The predicted molar refractivity (Wildman–Crippen MR) is 116 cm³/mol. The van der Waals surface area contributed by atoms with E-state index in [4.69, 9.17) is 4.42 Å². The topological polar surface area (TPSA) is 17.6 Å². The van der Waals surface area contributed by atoms with Crippen molar-refractivity contribution < 1.29 is 4.42 Å². The molecule has 0 aliphatic carbocycles. The summed E-state index contributed by atoms with van der Waals surface area (Å²) in [5, 5.41) is 3.63. The molecule has 0 bridgehead atoms. The molecule has 2 heterocycles. The number of allylic oxidation sites excluding steroid dienone is 1. The van der Waals surface area contributed by atoms with Crippen LogP contribution in [0.25, 0.3) is 50.4 Å². The number of benzene rings is 3. The highest BCUT2D eigenvalue weighted by molar-refractivity contribution is 6.16. The van der Waals surface area contributed by atoms with E-state index in [0.29, 0.717) is 0 Å². The summed E-state index contributed by atoms with van der Waals surface area (Å²) < 4.78 is 8.67. The van der Waals surface area contributed by atoms with Crippen molar-refractivity contribution in [3.05, 3.63) is 90.7 Å². The first kappa shape index (κ1) is 15.7. The lowest BCUT2D eigenvalue weighted by molar-refractivity contribution is 0.593. The molecule has 0 unspecified atom stereocenters. The van der Waals surface area contributed by atoms with Crippen molar-refractivity contribution in [1.82, 2.24) is 4.40 Å². The fourth-order valence-corrected chi connectivity index (χ4v) is 4.01. The predicted octanol–water partition coefficient (Wildman–Crippen LogP) is 7.23. The van der Waals surface area contributed by atoms with E-state index in [0.717, 1.165) is 27.8 Å². The second-order valence-corrected chi connectivity index (χ2v) is 6.61. The number of hydrogen-bond donors (Lipinski definition) is 0. The van der Waals surface area contributed by atoms with Crippen LogP contribution in [0.15, 0.2) is 83.8 Å². The highest BCUT2D eigenvalue weighted by atomic mass is 16.3. The van der Waals surface area contributed by atoms with E-state index < -0.39 is 0 Å². The van der Waals surface area contributed by atoms with Crippen LogP contribution in [-0.4, -0.2) is 4.40 Å². The maximum atomic E-state index is 6.35. The minimum absolute atomic E-state index is 0.768. The van der Waals surface area contributed by atoms with E-state index >= 15 is 0 Å². The Balaban J connectivity index is 2.27. The van der Waals surface area contributed by atoms with Crippen molar-refractivity contribution in [2.24, 2.45) is 0 Å². The molecule has 0 saturated heterocycles. The lowest BCUT2D eigenvalue weighted by Gasteiger charge is -2.09. The van der Waals surface area contributed by atoms with Gasteiger partial charge in [-0.25, -0.2) is 0 Å². The zero-order valence-electron chi connectivity index (χ0n) is 15.1. The number of nitrogens with zero attached hydrogens (tertiary/aromatic N) is 1. The van der Waals surface area contributed by atoms with Gasteiger partial charge in [0.25, 0.3) is 0 Å². The van der Waals surface area contributed by atoms with Crippen LogP contribution in [-0.2, 0) is 0 Å². The van der Waals surface area contributed by atoms with Gasteiger partial charge in [0.1, 0.15) is 5.76 Å². The van der Waals surface area contributed by atoms with E-state index in [1.807, 2.05) is 25.1 Å². The van der Waals surface area contributed by atoms with Crippen LogP contribution < -0.4 is 0 Å². The minimum Gasteiger partial charge on any atom is -0.455 e. The third-order valence-electron chi connectivity index (χ3n) is 5.10. The largest absolute Gasteiger partial charge is 0.455 e. The van der Waals surface area contributed by atoms with Gasteiger partial charge in [0.15, 0.2) is 5.58 Å². The van der Waals surface area contributed by atoms with Crippen molar-refractivity contribution in [2.75, 3.05) is 0 Å². The van der Waals surface area contributed by atoms with Crippen molar-refractivity contribution >= 4 is 50.4 Å². The Labute approximate surface area is 157 Å². The summed E-state index contributed by atoms with van der Waals surface area (Å²) in [7, 11) is 0. The maximum absolute atomic E-state index is 6.35. The Hall–Kier alpha value is -3.52. The molecule has 27 heavy (non-hydrogen) atoms. The van der Waals surface area contributed by atoms with Crippen LogP contribution in [0.2, 0.25) is 0 Å². The number of hydrogen-bond acceptors (Lipinski definition) is 1. The Morgan fingerprint density at radius 1 is 0.815 bits per heavy atom. The second kappa shape index (κ2) is 6.03. The van der Waals surface area contributed by atoms with Crippen LogP contribution in [0.3, 0.4) is 0 Å². The fourth-order valence-electron chi connectivity index (χ4n) is 4.01. The van der Waals surface area contributed by atoms with E-state index in [1.54, 1.807) is 6.08 Å². The van der Waals surface area contributed by atoms with Crippen molar-refractivity contribution in [1.29, 1.82) is 0 Å². The van der Waals surface area contributed by atoms with Gasteiger partial charge in [-0.15, -0.1) is 0 Å². The average Bonchev–Trinajstić information content (AvgIpc) is 3.04. The van der Waals surface area contributed by atoms with Gasteiger partial charge in [-0.3, -0.25) is 0 Å². The normalized spacial score (nSPS) is 11.9. The highest BCUT2D eigenvalue weighted by Gasteiger charge is 2.15. The monoisotopic (exact) mass is 349 g/mol. The smallest absolute Gasteiger partial charge is 0.151 e. The average molecular weight is 349 g/mol. The summed E-state index contributed by atoms with van der Waals surface area (Å²) in [6, 6.07) is 23.2. The molecule has 130 valence electrons. The minimum atomic E-state index is 0.768. The van der Waals surface area contributed by atoms with Crippen LogP contribution in [0, 0.1) is 0 Å². The molecule has 2 nitrogen and oxygen atoms in total. The van der Waals surface area contributed by atoms with Crippen molar-refractivity contribution in [2.45, 2.75) is 6.92 Å². The van der Waals surface area contributed by atoms with Gasteiger partial charge in [-0.1, -0.05) is 67.3 Å². The van der Waals surface area contributed by atoms with E-state index in [9.17, 15) is 0 Å². The number of rotatable bonds is 2. The van der Waals surface area contributed by atoms with Gasteiger partial charge < -0.3 is 8.82 Å². The summed E-state index contributed by atoms with van der Waals surface area (Å²) in [5.74, 6) is 0.768. The van der Waals surface area contributed by atoms with Gasteiger partial charge in [-0.2, -0.15) is 0 Å². The Morgan fingerprint density at radius 3 is 2.33 bits per heavy atom. The Bertz CT molecular complexity index is 1400. The Morgan fingerprint density at radius 2 is 1.52 bits per heavy atom. The fraction of sp³-hybridized carbons (Fsp3) is 0.0400. The molecular weight excluding hydrogens is 330 g/mol. The second-order valence-electron chi connectivity index (χ2n) is 6.61. The first-order valence-corrected chi connectivity index (χ1v) is 9.12. The van der Waals surface area contributed by atoms with Gasteiger partial charge in [0.2, 0.25) is 0 Å². The number of para-hydroxylation sites is 4. The maximum Gasteiger partial charge on any atom is 0.151 e. The van der Waals surface area contributed by atoms with Gasteiger partial charge in [0.05, 0.1) is 16.6 Å². The standard InChI is InChI=1S/C25H19NO/c1-3-10-18-20-13-9-12-19-17-11-5-6-14-21(17)26(25(19)20)22-15-7-8-16-24(22)27-23(18)4-2/h3-16H,2H2,1H3/b10-3-,23-18?. The summed E-state index contributed by atoms with van der Waals surface area (Å²) in [6.45, 7) is 6.03. The first-order valence-electron chi connectivity index (χ1n) is 9.12. The molecular formula is C25H19NO. The molecule has 0 spiro atoms. The Kier molecular flexibility index (Phi) is 3.51. The summed E-state index contributed by atoms with van der Waals surface area (Å²) in [4.78, 5) is 0. The summed E-state index contributed by atoms with van der Waals surface area (Å²) in [6.07, 6.45) is 5.94. The van der Waals surface area contributed by atoms with Crippen LogP contribution >= 0.6 is 0 Å². The van der Waals surface area contributed by atoms with Gasteiger partial charge in [0, 0.05) is 21.7 Å². The molecule has 5 aromatic rings. The highest BCUT2D eigenvalue weighted by Crippen LogP contribution is 2.36. The van der Waals surface area contributed by atoms with Crippen LogP contribution in [0.1, 0.15) is 18.2 Å². The summed E-state index contributed by atoms with van der Waals surface area (Å²) in [5.41, 5.74) is 5.28. The molecule has 3 aromatic carbocycles. The molecule has 2 aromatic heterocycles. The molecule has 0 N–H and O–H groups in total. The quantitative estimate of drug-likeness (QED) is 0.328. The van der Waals surface area contributed by atoms with Gasteiger partial charge >= 0.3 is 0 Å². The molecule has 0 saturated carbocycles. The molecule has 5 rings (SSSR count). The molecule has 0 radical (unpaired) electrons. The molecule has 0 atom stereocenters. The van der Waals surface area contributed by atoms with Gasteiger partial charge in [-0.05, 0) is 31.2 Å². The van der Waals surface area contributed by atoms with Crippen molar-refractivity contribution in [3.63, 3.8) is 0 Å². The molecule has 0 amide bonds. The van der Waals surface area contributed by atoms with Crippen LogP contribution in [0.5, 0.6) is 0 Å². The van der Waals surface area contributed by atoms with E-state index in [-0.39, 0.29) is 0 Å². The molecule has 0 aliphatic rings. The van der Waals surface area contributed by atoms with Crippen molar-refractivity contribution in [3.8, 4) is 0 Å². The zero-order valence-corrected chi connectivity index (χ0v) is 15.1.